The monoisotopic (exact) mass is 386 g/mol. The lowest BCUT2D eigenvalue weighted by molar-refractivity contribution is 0.0471. The Morgan fingerprint density at radius 2 is 1.39 bits per heavy atom. The number of nitrogens with zero attached hydrogens (tertiary/aromatic N) is 4. The van der Waals surface area contributed by atoms with Crippen molar-refractivity contribution in [3.63, 3.8) is 0 Å². The molecule has 2 aliphatic heterocycles. The quantitative estimate of drug-likeness (QED) is 0.726. The summed E-state index contributed by atoms with van der Waals surface area (Å²) in [5, 5.41) is 0. The van der Waals surface area contributed by atoms with E-state index in [2.05, 4.69) is 77.6 Å². The first-order valence-electron chi connectivity index (χ1n) is 11.2. The zero-order valence-corrected chi connectivity index (χ0v) is 19.5. The molecule has 0 bridgehead atoms. The Morgan fingerprint density at radius 3 is 1.86 bits per heavy atom. The van der Waals surface area contributed by atoms with Crippen molar-refractivity contribution in [3.05, 3.63) is 18.0 Å². The maximum Gasteiger partial charge on any atom is 0.225 e. The number of hydrogen-bond donors (Lipinski definition) is 0. The lowest BCUT2D eigenvalue weighted by Gasteiger charge is -2.46. The fourth-order valence-electron chi connectivity index (χ4n) is 4.79. The molecule has 2 aliphatic rings. The Balaban J connectivity index is 1.54. The van der Waals surface area contributed by atoms with Crippen LogP contribution < -0.4 is 4.90 Å². The standard InChI is InChI=1S/C24H42N4/c1-22(2,3)20-16-27(17-20)21-25-14-18(15-26-21)13-24(7,8)19-9-11-28(12-10-19)23(4,5)6/h14-15,19-20H,9-13,16-17H2,1-8H3. The van der Waals surface area contributed by atoms with Gasteiger partial charge in [0, 0.05) is 31.0 Å². The van der Waals surface area contributed by atoms with E-state index < -0.39 is 0 Å². The van der Waals surface area contributed by atoms with Gasteiger partial charge in [0.2, 0.25) is 5.95 Å². The highest BCUT2D eigenvalue weighted by Gasteiger charge is 2.37. The normalized spacial score (nSPS) is 21.1. The van der Waals surface area contributed by atoms with Crippen molar-refractivity contribution in [2.45, 2.75) is 80.2 Å². The summed E-state index contributed by atoms with van der Waals surface area (Å²) in [5.41, 5.74) is 2.24. The lowest BCUT2D eigenvalue weighted by Crippen LogP contribution is -2.52. The Bertz CT molecular complexity index is 637. The summed E-state index contributed by atoms with van der Waals surface area (Å²) < 4.78 is 0. The van der Waals surface area contributed by atoms with Crippen molar-refractivity contribution < 1.29 is 0 Å². The van der Waals surface area contributed by atoms with Crippen LogP contribution in [0.4, 0.5) is 5.95 Å². The minimum atomic E-state index is 0.293. The van der Waals surface area contributed by atoms with Crippen LogP contribution in [-0.2, 0) is 6.42 Å². The van der Waals surface area contributed by atoms with E-state index in [1.165, 1.54) is 31.5 Å². The highest BCUT2D eigenvalue weighted by atomic mass is 15.3. The molecule has 4 heteroatoms. The Hall–Kier alpha value is -1.16. The van der Waals surface area contributed by atoms with E-state index in [4.69, 9.17) is 9.97 Å². The summed E-state index contributed by atoms with van der Waals surface area (Å²) in [4.78, 5) is 14.3. The van der Waals surface area contributed by atoms with E-state index >= 15 is 0 Å². The molecular weight excluding hydrogens is 344 g/mol. The van der Waals surface area contributed by atoms with E-state index in [9.17, 15) is 0 Å². The summed E-state index contributed by atoms with van der Waals surface area (Å²) in [6.07, 6.45) is 7.80. The van der Waals surface area contributed by atoms with Crippen LogP contribution in [-0.4, -0.2) is 46.6 Å². The summed E-state index contributed by atoms with van der Waals surface area (Å²) in [6, 6.07) is 0. The molecule has 28 heavy (non-hydrogen) atoms. The Labute approximate surface area is 173 Å². The van der Waals surface area contributed by atoms with Gasteiger partial charge in [0.25, 0.3) is 0 Å². The zero-order valence-electron chi connectivity index (χ0n) is 19.5. The van der Waals surface area contributed by atoms with Gasteiger partial charge in [-0.2, -0.15) is 0 Å². The van der Waals surface area contributed by atoms with Crippen molar-refractivity contribution in [1.82, 2.24) is 14.9 Å². The van der Waals surface area contributed by atoms with Crippen LogP contribution in [0.1, 0.15) is 73.8 Å². The van der Waals surface area contributed by atoms with Crippen molar-refractivity contribution in [2.75, 3.05) is 31.1 Å². The molecule has 0 atom stereocenters. The molecule has 0 amide bonds. The van der Waals surface area contributed by atoms with E-state index in [0.29, 0.717) is 16.4 Å². The summed E-state index contributed by atoms with van der Waals surface area (Å²) >= 11 is 0. The molecule has 2 saturated heterocycles. The maximum absolute atomic E-state index is 4.70. The smallest absolute Gasteiger partial charge is 0.225 e. The molecule has 0 N–H and O–H groups in total. The zero-order chi connectivity index (χ0) is 20.7. The van der Waals surface area contributed by atoms with Crippen LogP contribution in [0.25, 0.3) is 0 Å². The second kappa shape index (κ2) is 7.59. The van der Waals surface area contributed by atoms with Crippen LogP contribution in [0.15, 0.2) is 12.4 Å². The highest BCUT2D eigenvalue weighted by Crippen LogP contribution is 2.39. The van der Waals surface area contributed by atoms with Crippen molar-refractivity contribution in [2.24, 2.45) is 22.7 Å². The van der Waals surface area contributed by atoms with Crippen LogP contribution in [0.2, 0.25) is 0 Å². The van der Waals surface area contributed by atoms with Gasteiger partial charge in [0.15, 0.2) is 0 Å². The van der Waals surface area contributed by atoms with E-state index in [-0.39, 0.29) is 0 Å². The molecular formula is C24H42N4. The summed E-state index contributed by atoms with van der Waals surface area (Å²) in [7, 11) is 0. The largest absolute Gasteiger partial charge is 0.340 e. The minimum Gasteiger partial charge on any atom is -0.340 e. The fourth-order valence-corrected chi connectivity index (χ4v) is 4.79. The molecule has 0 aromatic carbocycles. The third-order valence-electron chi connectivity index (χ3n) is 7.29. The summed E-state index contributed by atoms with van der Waals surface area (Å²) in [5.74, 6) is 2.42. The Kier molecular flexibility index (Phi) is 5.84. The number of hydrogen-bond acceptors (Lipinski definition) is 4. The molecule has 1 aromatic rings. The number of aromatic nitrogens is 2. The lowest BCUT2D eigenvalue weighted by atomic mass is 9.70. The van der Waals surface area contributed by atoms with E-state index in [1.54, 1.807) is 0 Å². The van der Waals surface area contributed by atoms with Gasteiger partial charge in [-0.3, -0.25) is 4.90 Å². The van der Waals surface area contributed by atoms with Gasteiger partial charge in [-0.15, -0.1) is 0 Å². The van der Waals surface area contributed by atoms with Gasteiger partial charge in [0.1, 0.15) is 0 Å². The van der Waals surface area contributed by atoms with Crippen LogP contribution in [0, 0.1) is 22.7 Å². The SMILES string of the molecule is CC(C)(C)C1CN(c2ncc(CC(C)(C)C3CCN(C(C)(C)C)CC3)cn2)C1. The van der Waals surface area contributed by atoms with Crippen LogP contribution >= 0.6 is 0 Å². The third-order valence-corrected chi connectivity index (χ3v) is 7.29. The van der Waals surface area contributed by atoms with E-state index in [0.717, 1.165) is 37.3 Å². The fraction of sp³-hybridized carbons (Fsp3) is 0.833. The first-order chi connectivity index (χ1) is 12.9. The van der Waals surface area contributed by atoms with Crippen molar-refractivity contribution in [1.29, 1.82) is 0 Å². The number of rotatable bonds is 4. The predicted octanol–water partition coefficient (Wildman–Crippen LogP) is 5.04. The number of likely N-dealkylation sites (tertiary alicyclic amines) is 1. The average molecular weight is 387 g/mol. The highest BCUT2D eigenvalue weighted by molar-refractivity contribution is 5.34. The topological polar surface area (TPSA) is 32.3 Å². The minimum absolute atomic E-state index is 0.293. The third kappa shape index (κ3) is 4.87. The molecule has 1 aromatic heterocycles. The van der Waals surface area contributed by atoms with Crippen LogP contribution in [0.5, 0.6) is 0 Å². The van der Waals surface area contributed by atoms with Gasteiger partial charge in [-0.05, 0) is 81.4 Å². The first kappa shape index (κ1) is 21.5. The molecule has 0 spiro atoms. The summed E-state index contributed by atoms with van der Waals surface area (Å²) in [6.45, 7) is 23.4. The Morgan fingerprint density at radius 1 is 0.857 bits per heavy atom. The molecule has 0 saturated carbocycles. The average Bonchev–Trinajstić information content (AvgIpc) is 2.53. The van der Waals surface area contributed by atoms with Crippen molar-refractivity contribution >= 4 is 5.95 Å². The van der Waals surface area contributed by atoms with Crippen LogP contribution in [0.3, 0.4) is 0 Å². The molecule has 3 rings (SSSR count). The molecule has 3 heterocycles. The van der Waals surface area contributed by atoms with Crippen molar-refractivity contribution in [3.8, 4) is 0 Å². The molecule has 2 fully saturated rings. The van der Waals surface area contributed by atoms with Gasteiger partial charge in [0.05, 0.1) is 0 Å². The van der Waals surface area contributed by atoms with E-state index in [1.807, 2.05) is 0 Å². The first-order valence-corrected chi connectivity index (χ1v) is 11.2. The maximum atomic E-state index is 4.70. The second-order valence-electron chi connectivity index (χ2n) is 12.0. The molecule has 4 nitrogen and oxygen atoms in total. The van der Waals surface area contributed by atoms with Gasteiger partial charge in [-0.25, -0.2) is 9.97 Å². The molecule has 0 radical (unpaired) electrons. The van der Waals surface area contributed by atoms with Gasteiger partial charge in [-0.1, -0.05) is 34.6 Å². The van der Waals surface area contributed by atoms with Gasteiger partial charge < -0.3 is 4.90 Å². The molecule has 0 aliphatic carbocycles. The predicted molar refractivity (Wildman–Crippen MR) is 119 cm³/mol. The van der Waals surface area contributed by atoms with Gasteiger partial charge >= 0.3 is 0 Å². The second-order valence-corrected chi connectivity index (χ2v) is 12.0. The number of piperidine rings is 1. The number of anilines is 1. The molecule has 0 unspecified atom stereocenters. The molecule has 158 valence electrons.